The van der Waals surface area contributed by atoms with Crippen molar-refractivity contribution in [3.8, 4) is 0 Å². The molecule has 0 atom stereocenters. The third kappa shape index (κ3) is 3.82. The number of thiazole rings is 1. The molecule has 2 heterocycles. The van der Waals surface area contributed by atoms with E-state index in [9.17, 15) is 10.1 Å². The molecule has 0 saturated carbocycles. The number of benzene rings is 2. The van der Waals surface area contributed by atoms with Crippen molar-refractivity contribution in [3.63, 3.8) is 0 Å². The van der Waals surface area contributed by atoms with Gasteiger partial charge in [-0.15, -0.1) is 4.40 Å². The Hall–Kier alpha value is -2.40. The molecule has 2 aromatic heterocycles. The summed E-state index contributed by atoms with van der Waals surface area (Å²) in [5.41, 5.74) is 2.24. The fourth-order valence-corrected chi connectivity index (χ4v) is 3.58. The second-order valence-corrected chi connectivity index (χ2v) is 6.94. The first-order valence-electron chi connectivity index (χ1n) is 6.81. The van der Waals surface area contributed by atoms with E-state index >= 15 is 0 Å². The van der Waals surface area contributed by atoms with Crippen LogP contribution < -0.4 is 9.06 Å². The molecule has 0 spiro atoms. The molecular weight excluding hydrogens is 372 g/mol. The number of fused-ring (bicyclic) bond motifs is 5. The van der Waals surface area contributed by atoms with Crippen molar-refractivity contribution < 1.29 is 38.2 Å². The average molecular weight is 384 g/mol. The summed E-state index contributed by atoms with van der Waals surface area (Å²) in [7, 11) is -4.19. The van der Waals surface area contributed by atoms with Gasteiger partial charge in [0.2, 0.25) is 11.0 Å². The van der Waals surface area contributed by atoms with Crippen LogP contribution in [-0.2, 0) is 0 Å². The fraction of sp³-hybridized carbons (Fsp3) is 0. The standard InChI is InChI=1S/C15H9N2O2S.ClH3O4/c18-17(19)11-6-7-12-10(9-11)5-8-15-16(12)13-3-1-2-4-14(13)20-15;2-1(3,4)5/h1-9H;2-4H/q+1;. The third-order valence-corrected chi connectivity index (χ3v) is 4.50. The number of halogens is 1. The van der Waals surface area contributed by atoms with E-state index in [0.717, 1.165) is 21.3 Å². The Morgan fingerprint density at radius 1 is 1.00 bits per heavy atom. The Balaban J connectivity index is 0.000000324. The number of rotatable bonds is 1. The summed E-state index contributed by atoms with van der Waals surface area (Å²) < 4.78 is 33.6. The Morgan fingerprint density at radius 2 is 1.68 bits per heavy atom. The number of para-hydroxylation sites is 1. The number of nitro groups is 1. The second-order valence-electron chi connectivity index (χ2n) is 5.01. The number of hydrogen-bond donors (Lipinski definition) is 3. The first-order chi connectivity index (χ1) is 11.7. The number of hydrogen-bond acceptors (Lipinski definition) is 7. The van der Waals surface area contributed by atoms with Crippen molar-refractivity contribution in [1.82, 2.24) is 0 Å². The van der Waals surface area contributed by atoms with Crippen LogP contribution in [-0.4, -0.2) is 18.9 Å². The van der Waals surface area contributed by atoms with Gasteiger partial charge >= 0.3 is 28.9 Å². The van der Waals surface area contributed by atoms with Gasteiger partial charge in [0.05, 0.1) is 10.3 Å². The van der Waals surface area contributed by atoms with Crippen molar-refractivity contribution in [2.75, 3.05) is 0 Å². The number of non-ortho nitro benzene ring substituents is 1. The summed E-state index contributed by atoms with van der Waals surface area (Å²) in [4.78, 5) is 11.6. The van der Waals surface area contributed by atoms with Crippen LogP contribution in [0.3, 0.4) is 0 Å². The molecule has 3 N–H and O–H groups in total. The molecule has 4 aromatic rings. The molecule has 0 amide bonds. The van der Waals surface area contributed by atoms with Gasteiger partial charge in [-0.05, 0) is 12.1 Å². The van der Waals surface area contributed by atoms with Crippen molar-refractivity contribution in [1.29, 1.82) is 0 Å². The van der Waals surface area contributed by atoms with E-state index in [4.69, 9.17) is 18.6 Å². The van der Waals surface area contributed by atoms with Gasteiger partial charge in [0.25, 0.3) is 10.5 Å². The molecule has 0 aliphatic carbocycles. The molecule has 0 aliphatic heterocycles. The minimum absolute atomic E-state index is 0.122. The van der Waals surface area contributed by atoms with E-state index in [0.29, 0.717) is 0 Å². The SMILES string of the molecule is O=[N+]([O-])c1ccc2c(ccc3sc4ccccc4[n+]32)c1.[O-][Cl+](O)(O)O. The molecule has 130 valence electrons. The Kier molecular flexibility index (Phi) is 4.52. The summed E-state index contributed by atoms with van der Waals surface area (Å²) in [5.74, 6) is 0. The molecule has 4 rings (SSSR count). The zero-order valence-electron chi connectivity index (χ0n) is 12.4. The quantitative estimate of drug-likeness (QED) is 0.253. The van der Waals surface area contributed by atoms with Gasteiger partial charge in [-0.1, -0.05) is 23.5 Å². The number of aromatic nitrogens is 1. The Morgan fingerprint density at radius 3 is 2.36 bits per heavy atom. The maximum atomic E-state index is 10.9. The van der Waals surface area contributed by atoms with Gasteiger partial charge in [0.15, 0.2) is 0 Å². The molecule has 0 bridgehead atoms. The first-order valence-corrected chi connectivity index (χ1v) is 8.94. The molecule has 0 saturated heterocycles. The second kappa shape index (κ2) is 6.48. The van der Waals surface area contributed by atoms with E-state index in [1.807, 2.05) is 30.3 Å². The van der Waals surface area contributed by atoms with E-state index in [1.165, 1.54) is 4.70 Å². The van der Waals surface area contributed by atoms with Crippen LogP contribution in [0.4, 0.5) is 5.69 Å². The number of nitrogens with zero attached hydrogens (tertiary/aromatic N) is 2. The summed E-state index contributed by atoms with van der Waals surface area (Å²) in [6.07, 6.45) is 0. The first kappa shape index (κ1) is 17.4. The Labute approximate surface area is 146 Å². The predicted molar refractivity (Wildman–Crippen MR) is 85.8 cm³/mol. The molecular formula is C15H12ClN2O6S+. The van der Waals surface area contributed by atoms with Crippen LogP contribution in [0.15, 0.2) is 54.6 Å². The Bertz CT molecular complexity index is 1090. The van der Waals surface area contributed by atoms with Crippen molar-refractivity contribution in [2.45, 2.75) is 0 Å². The van der Waals surface area contributed by atoms with Crippen LogP contribution in [0.25, 0.3) is 25.9 Å². The molecule has 0 aliphatic rings. The van der Waals surface area contributed by atoms with Gasteiger partial charge in [-0.2, -0.15) is 0 Å². The van der Waals surface area contributed by atoms with Crippen LogP contribution >= 0.6 is 11.3 Å². The van der Waals surface area contributed by atoms with Crippen LogP contribution in [0.1, 0.15) is 0 Å². The monoisotopic (exact) mass is 383 g/mol. The third-order valence-electron chi connectivity index (χ3n) is 3.41. The van der Waals surface area contributed by atoms with E-state index in [2.05, 4.69) is 16.5 Å². The molecule has 8 nitrogen and oxygen atoms in total. The van der Waals surface area contributed by atoms with Gasteiger partial charge in [0, 0.05) is 30.3 Å². The van der Waals surface area contributed by atoms with Crippen LogP contribution in [0.2, 0.25) is 0 Å². The van der Waals surface area contributed by atoms with Gasteiger partial charge in [-0.25, -0.2) is 0 Å². The van der Waals surface area contributed by atoms with Gasteiger partial charge in [-0.3, -0.25) is 10.1 Å². The molecule has 0 fully saturated rings. The summed E-state index contributed by atoms with van der Waals surface area (Å²) in [6.45, 7) is 0. The molecule has 0 radical (unpaired) electrons. The van der Waals surface area contributed by atoms with E-state index < -0.39 is 10.2 Å². The summed E-state index contributed by atoms with van der Waals surface area (Å²) >= 11 is 1.72. The predicted octanol–water partition coefficient (Wildman–Crippen LogP) is 0.841. The summed E-state index contributed by atoms with van der Waals surface area (Å²) in [5, 5.41) is 11.7. The number of nitro benzene ring substituents is 1. The van der Waals surface area contributed by atoms with Crippen LogP contribution in [0.5, 0.6) is 0 Å². The van der Waals surface area contributed by atoms with Crippen molar-refractivity contribution >= 4 is 43.0 Å². The van der Waals surface area contributed by atoms with Crippen molar-refractivity contribution in [3.05, 3.63) is 64.7 Å². The molecule has 0 unspecified atom stereocenters. The van der Waals surface area contributed by atoms with Crippen LogP contribution in [0, 0.1) is 20.4 Å². The zero-order valence-corrected chi connectivity index (χ0v) is 14.0. The fourth-order valence-electron chi connectivity index (χ4n) is 2.52. The normalized spacial score (nSPS) is 12.2. The van der Waals surface area contributed by atoms with Gasteiger partial charge in [0.1, 0.15) is 4.70 Å². The molecule has 2 aromatic carbocycles. The topological polar surface area (TPSA) is 131 Å². The van der Waals surface area contributed by atoms with E-state index in [-0.39, 0.29) is 10.6 Å². The number of pyridine rings is 1. The average Bonchev–Trinajstić information content (AvgIpc) is 2.91. The summed E-state index contributed by atoms with van der Waals surface area (Å²) in [6, 6.07) is 17.1. The van der Waals surface area contributed by atoms with Crippen molar-refractivity contribution in [2.24, 2.45) is 0 Å². The molecule has 10 heteroatoms. The maximum absolute atomic E-state index is 10.9. The van der Waals surface area contributed by atoms with Gasteiger partial charge < -0.3 is 0 Å². The minimum atomic E-state index is -4.19. The van der Waals surface area contributed by atoms with E-state index in [1.54, 1.807) is 23.5 Å². The molecule has 25 heavy (non-hydrogen) atoms. The zero-order chi connectivity index (χ0) is 18.2.